The van der Waals surface area contributed by atoms with Crippen molar-refractivity contribution in [2.24, 2.45) is 0 Å². The number of aromatic nitrogens is 1. The molecule has 21 heavy (non-hydrogen) atoms. The van der Waals surface area contributed by atoms with Crippen LogP contribution in [0.4, 0.5) is 11.4 Å². The second-order valence-corrected chi connectivity index (χ2v) is 5.96. The molecule has 2 nitrogen and oxygen atoms in total. The molecule has 0 saturated heterocycles. The molecule has 5 heteroatoms. The SMILES string of the molecule is Cc1cc(Nc2ccc(Br)cc2)c2cc(Cl)ccc2n1.Cl. The van der Waals surface area contributed by atoms with Crippen molar-refractivity contribution in [1.82, 2.24) is 4.98 Å². The van der Waals surface area contributed by atoms with Gasteiger partial charge in [0.1, 0.15) is 0 Å². The number of anilines is 2. The van der Waals surface area contributed by atoms with E-state index in [9.17, 15) is 0 Å². The number of hydrogen-bond donors (Lipinski definition) is 1. The lowest BCUT2D eigenvalue weighted by Crippen LogP contribution is -1.94. The number of halogens is 3. The van der Waals surface area contributed by atoms with Crippen LogP contribution in [0.2, 0.25) is 5.02 Å². The molecular weight excluding hydrogens is 371 g/mol. The van der Waals surface area contributed by atoms with Crippen LogP contribution < -0.4 is 5.32 Å². The smallest absolute Gasteiger partial charge is 0.0727 e. The third kappa shape index (κ3) is 3.67. The van der Waals surface area contributed by atoms with Crippen molar-refractivity contribution in [2.45, 2.75) is 6.92 Å². The van der Waals surface area contributed by atoms with E-state index in [-0.39, 0.29) is 12.4 Å². The van der Waals surface area contributed by atoms with Crippen molar-refractivity contribution in [2.75, 3.05) is 5.32 Å². The summed E-state index contributed by atoms with van der Waals surface area (Å²) in [7, 11) is 0. The van der Waals surface area contributed by atoms with Gasteiger partial charge in [0.05, 0.1) is 5.52 Å². The minimum atomic E-state index is 0. The molecule has 0 spiro atoms. The number of nitrogens with zero attached hydrogens (tertiary/aromatic N) is 1. The lowest BCUT2D eigenvalue weighted by molar-refractivity contribution is 1.25. The summed E-state index contributed by atoms with van der Waals surface area (Å²) in [5.41, 5.74) is 3.95. The predicted molar refractivity (Wildman–Crippen MR) is 96.2 cm³/mol. The molecule has 1 N–H and O–H groups in total. The van der Waals surface area contributed by atoms with E-state index in [0.717, 1.165) is 32.4 Å². The summed E-state index contributed by atoms with van der Waals surface area (Å²) >= 11 is 9.53. The van der Waals surface area contributed by atoms with Crippen molar-refractivity contribution in [3.63, 3.8) is 0 Å². The first-order valence-electron chi connectivity index (χ1n) is 6.21. The number of hydrogen-bond acceptors (Lipinski definition) is 2. The summed E-state index contributed by atoms with van der Waals surface area (Å²) in [6, 6.07) is 15.8. The third-order valence-corrected chi connectivity index (χ3v) is 3.79. The Morgan fingerprint density at radius 1 is 1.05 bits per heavy atom. The predicted octanol–water partition coefficient (Wildman–Crippen LogP) is 6.12. The Morgan fingerprint density at radius 3 is 2.48 bits per heavy atom. The van der Waals surface area contributed by atoms with Crippen molar-refractivity contribution in [3.8, 4) is 0 Å². The van der Waals surface area contributed by atoms with Crippen molar-refractivity contribution in [3.05, 3.63) is 63.7 Å². The van der Waals surface area contributed by atoms with Gasteiger partial charge in [-0.25, -0.2) is 0 Å². The minimum Gasteiger partial charge on any atom is -0.355 e. The minimum absolute atomic E-state index is 0. The maximum atomic E-state index is 6.09. The highest BCUT2D eigenvalue weighted by Gasteiger charge is 2.05. The van der Waals surface area contributed by atoms with Gasteiger partial charge in [-0.15, -0.1) is 12.4 Å². The molecule has 0 unspecified atom stereocenters. The summed E-state index contributed by atoms with van der Waals surface area (Å²) in [5, 5.41) is 5.15. The fourth-order valence-corrected chi connectivity index (χ4v) is 2.56. The number of aryl methyl sites for hydroxylation is 1. The molecule has 0 aliphatic carbocycles. The fraction of sp³-hybridized carbons (Fsp3) is 0.0625. The number of benzene rings is 2. The Hall–Kier alpha value is -1.29. The molecule has 1 aromatic heterocycles. The first-order valence-corrected chi connectivity index (χ1v) is 7.38. The molecule has 0 radical (unpaired) electrons. The van der Waals surface area contributed by atoms with Crippen LogP contribution in [0.3, 0.4) is 0 Å². The largest absolute Gasteiger partial charge is 0.355 e. The van der Waals surface area contributed by atoms with Crippen molar-refractivity contribution < 1.29 is 0 Å². The Kier molecular flexibility index (Phi) is 5.09. The van der Waals surface area contributed by atoms with Crippen LogP contribution in [0.1, 0.15) is 5.69 Å². The Morgan fingerprint density at radius 2 is 1.76 bits per heavy atom. The van der Waals surface area contributed by atoms with Crippen LogP contribution in [-0.2, 0) is 0 Å². The van der Waals surface area contributed by atoms with E-state index >= 15 is 0 Å². The van der Waals surface area contributed by atoms with E-state index < -0.39 is 0 Å². The number of nitrogens with one attached hydrogen (secondary N) is 1. The molecular formula is C16H13BrCl2N2. The first kappa shape index (κ1) is 16.1. The quantitative estimate of drug-likeness (QED) is 0.576. The molecule has 0 bridgehead atoms. The van der Waals surface area contributed by atoms with Gasteiger partial charge in [0, 0.05) is 32.0 Å². The van der Waals surface area contributed by atoms with Gasteiger partial charge in [-0.3, -0.25) is 4.98 Å². The Balaban J connectivity index is 0.00000161. The molecule has 3 aromatic rings. The van der Waals surface area contributed by atoms with Crippen LogP contribution >= 0.6 is 39.9 Å². The Labute approximate surface area is 143 Å². The highest BCUT2D eigenvalue weighted by molar-refractivity contribution is 9.10. The maximum absolute atomic E-state index is 6.09. The third-order valence-electron chi connectivity index (χ3n) is 3.02. The summed E-state index contributed by atoms with van der Waals surface area (Å²) in [6.45, 7) is 1.99. The van der Waals surface area contributed by atoms with E-state index in [4.69, 9.17) is 11.6 Å². The summed E-state index contributed by atoms with van der Waals surface area (Å²) in [6.07, 6.45) is 0. The van der Waals surface area contributed by atoms with Crippen LogP contribution in [0.25, 0.3) is 10.9 Å². The van der Waals surface area contributed by atoms with Crippen LogP contribution in [0, 0.1) is 6.92 Å². The number of pyridine rings is 1. The van der Waals surface area contributed by atoms with E-state index in [2.05, 4.69) is 26.2 Å². The highest BCUT2D eigenvalue weighted by atomic mass is 79.9. The molecule has 3 rings (SSSR count). The van der Waals surface area contributed by atoms with Crippen LogP contribution in [-0.4, -0.2) is 4.98 Å². The molecule has 0 saturated carbocycles. The van der Waals surface area contributed by atoms with Gasteiger partial charge in [0.15, 0.2) is 0 Å². The molecule has 0 fully saturated rings. The molecule has 1 heterocycles. The van der Waals surface area contributed by atoms with E-state index in [1.165, 1.54) is 0 Å². The van der Waals surface area contributed by atoms with E-state index in [1.54, 1.807) is 0 Å². The van der Waals surface area contributed by atoms with Gasteiger partial charge < -0.3 is 5.32 Å². The zero-order valence-corrected chi connectivity index (χ0v) is 14.4. The lowest BCUT2D eigenvalue weighted by atomic mass is 10.1. The van der Waals surface area contributed by atoms with Gasteiger partial charge >= 0.3 is 0 Å². The second kappa shape index (κ2) is 6.65. The van der Waals surface area contributed by atoms with Crippen LogP contribution in [0.5, 0.6) is 0 Å². The number of rotatable bonds is 2. The molecule has 2 aromatic carbocycles. The topological polar surface area (TPSA) is 24.9 Å². The zero-order valence-electron chi connectivity index (χ0n) is 11.2. The van der Waals surface area contributed by atoms with Gasteiger partial charge in [-0.1, -0.05) is 27.5 Å². The van der Waals surface area contributed by atoms with E-state index in [1.807, 2.05) is 55.5 Å². The summed E-state index contributed by atoms with van der Waals surface area (Å²) in [5.74, 6) is 0. The Bertz CT molecular complexity index is 773. The average Bonchev–Trinajstić information content (AvgIpc) is 2.42. The fourth-order valence-electron chi connectivity index (χ4n) is 2.12. The molecule has 0 atom stereocenters. The molecule has 0 aliphatic rings. The van der Waals surface area contributed by atoms with Gasteiger partial charge in [-0.2, -0.15) is 0 Å². The summed E-state index contributed by atoms with van der Waals surface area (Å²) in [4.78, 5) is 4.53. The monoisotopic (exact) mass is 382 g/mol. The van der Waals surface area contributed by atoms with Gasteiger partial charge in [0.2, 0.25) is 0 Å². The van der Waals surface area contributed by atoms with Crippen molar-refractivity contribution in [1.29, 1.82) is 0 Å². The van der Waals surface area contributed by atoms with Gasteiger partial charge in [0.25, 0.3) is 0 Å². The van der Waals surface area contributed by atoms with Crippen molar-refractivity contribution >= 4 is 62.2 Å². The lowest BCUT2D eigenvalue weighted by Gasteiger charge is -2.11. The highest BCUT2D eigenvalue weighted by Crippen LogP contribution is 2.29. The van der Waals surface area contributed by atoms with Crippen LogP contribution in [0.15, 0.2) is 53.0 Å². The molecule has 0 aliphatic heterocycles. The summed E-state index contributed by atoms with van der Waals surface area (Å²) < 4.78 is 1.06. The standard InChI is InChI=1S/C16H12BrClN2.ClH/c1-10-8-16(20-13-5-2-11(17)3-6-13)14-9-12(18)4-7-15(14)19-10;/h2-9H,1H3,(H,19,20);1H. The van der Waals surface area contributed by atoms with Gasteiger partial charge in [-0.05, 0) is 55.5 Å². The second-order valence-electron chi connectivity index (χ2n) is 4.60. The average molecular weight is 384 g/mol. The maximum Gasteiger partial charge on any atom is 0.0727 e. The first-order chi connectivity index (χ1) is 9.61. The van der Waals surface area contributed by atoms with E-state index in [0.29, 0.717) is 5.02 Å². The number of fused-ring (bicyclic) bond motifs is 1. The molecule has 0 amide bonds. The molecule has 108 valence electrons. The normalized spacial score (nSPS) is 10.2. The zero-order chi connectivity index (χ0) is 14.1.